The minimum absolute atomic E-state index is 0.289. The molecule has 4 rings (SSSR count). The van der Waals surface area contributed by atoms with E-state index in [0.717, 1.165) is 55.0 Å². The number of anilines is 1. The molecule has 6 nitrogen and oxygen atoms in total. The molecule has 0 bridgehead atoms. The molecule has 0 unspecified atom stereocenters. The average Bonchev–Trinajstić information content (AvgIpc) is 3.21. The first-order valence-corrected chi connectivity index (χ1v) is 9.89. The lowest BCUT2D eigenvalue weighted by atomic mass is 10.2. The van der Waals surface area contributed by atoms with E-state index >= 15 is 0 Å². The number of nitrogens with one attached hydrogen (secondary N) is 1. The molecule has 28 heavy (non-hydrogen) atoms. The minimum Gasteiger partial charge on any atom is -0.454 e. The smallest absolute Gasteiger partial charge is 0.231 e. The van der Waals surface area contributed by atoms with E-state index in [0.29, 0.717) is 6.54 Å². The summed E-state index contributed by atoms with van der Waals surface area (Å²) in [6.45, 7) is 5.20. The Morgan fingerprint density at radius 1 is 1.04 bits per heavy atom. The van der Waals surface area contributed by atoms with Crippen molar-refractivity contribution in [2.75, 3.05) is 45.0 Å². The van der Waals surface area contributed by atoms with Crippen molar-refractivity contribution in [2.24, 2.45) is 0 Å². The van der Waals surface area contributed by atoms with Crippen LogP contribution >= 0.6 is 12.2 Å². The van der Waals surface area contributed by atoms with Crippen molar-refractivity contribution in [1.82, 2.24) is 10.2 Å². The summed E-state index contributed by atoms with van der Waals surface area (Å²) in [4.78, 5) is 4.40. The van der Waals surface area contributed by atoms with Gasteiger partial charge in [-0.2, -0.15) is 0 Å². The Hall–Kier alpha value is -2.51. The molecule has 0 saturated carbocycles. The quantitative estimate of drug-likeness (QED) is 0.776. The van der Waals surface area contributed by atoms with Crippen LogP contribution in [-0.2, 0) is 17.8 Å². The highest BCUT2D eigenvalue weighted by Gasteiger charge is 2.14. The van der Waals surface area contributed by atoms with Gasteiger partial charge in [0.05, 0.1) is 13.2 Å². The number of rotatable bonds is 5. The van der Waals surface area contributed by atoms with Crippen LogP contribution in [0.2, 0.25) is 0 Å². The number of ether oxygens (including phenoxy) is 3. The first kappa shape index (κ1) is 18.8. The summed E-state index contributed by atoms with van der Waals surface area (Å²) in [5, 5.41) is 4.03. The van der Waals surface area contributed by atoms with Crippen molar-refractivity contribution >= 4 is 23.0 Å². The van der Waals surface area contributed by atoms with Crippen molar-refractivity contribution in [3.63, 3.8) is 0 Å². The molecule has 2 aliphatic rings. The van der Waals surface area contributed by atoms with Gasteiger partial charge in [0, 0.05) is 38.9 Å². The van der Waals surface area contributed by atoms with Crippen molar-refractivity contribution in [1.29, 1.82) is 0 Å². The fourth-order valence-electron chi connectivity index (χ4n) is 3.34. The van der Waals surface area contributed by atoms with Gasteiger partial charge in [-0.05, 0) is 47.6 Å². The number of morpholine rings is 1. The van der Waals surface area contributed by atoms with Crippen molar-refractivity contribution in [3.8, 4) is 11.5 Å². The van der Waals surface area contributed by atoms with Gasteiger partial charge in [0.1, 0.15) is 0 Å². The summed E-state index contributed by atoms with van der Waals surface area (Å²) in [6, 6.07) is 14.6. The zero-order valence-electron chi connectivity index (χ0n) is 16.0. The molecule has 1 N–H and O–H groups in total. The zero-order valence-corrected chi connectivity index (χ0v) is 16.8. The maximum absolute atomic E-state index is 5.54. The molecule has 2 aromatic rings. The van der Waals surface area contributed by atoms with E-state index in [1.54, 1.807) is 0 Å². The van der Waals surface area contributed by atoms with Crippen molar-refractivity contribution < 1.29 is 14.2 Å². The highest BCUT2D eigenvalue weighted by atomic mass is 32.1. The maximum atomic E-state index is 5.54. The summed E-state index contributed by atoms with van der Waals surface area (Å²) in [7, 11) is 2.00. The van der Waals surface area contributed by atoms with Crippen LogP contribution in [0.15, 0.2) is 42.5 Å². The van der Waals surface area contributed by atoms with Gasteiger partial charge in [-0.3, -0.25) is 0 Å². The average molecular weight is 400 g/mol. The van der Waals surface area contributed by atoms with E-state index < -0.39 is 0 Å². The second kappa shape index (κ2) is 8.67. The molecule has 7 heteroatoms. The molecule has 2 aromatic carbocycles. The lowest BCUT2D eigenvalue weighted by Crippen LogP contribution is -2.36. The SMILES string of the molecule is CN(Cc1ccc(N2CCOCC2)cc1)C(=S)NCc1ccc2c(c1)OCO2. The molecular formula is C21H25N3O3S. The van der Waals surface area contributed by atoms with Crippen LogP contribution in [0.4, 0.5) is 5.69 Å². The van der Waals surface area contributed by atoms with Gasteiger partial charge in [0.25, 0.3) is 0 Å². The predicted molar refractivity (Wildman–Crippen MR) is 113 cm³/mol. The monoisotopic (exact) mass is 399 g/mol. The fourth-order valence-corrected chi connectivity index (χ4v) is 3.48. The van der Waals surface area contributed by atoms with Crippen LogP contribution in [0.3, 0.4) is 0 Å². The molecule has 0 radical (unpaired) electrons. The molecule has 2 heterocycles. The van der Waals surface area contributed by atoms with Gasteiger partial charge in [-0.1, -0.05) is 18.2 Å². The second-order valence-corrected chi connectivity index (χ2v) is 7.35. The first-order chi connectivity index (χ1) is 13.7. The standard InChI is InChI=1S/C21H25N3O3S/c1-23(14-16-2-5-18(6-3-16)24-8-10-25-11-9-24)21(28)22-13-17-4-7-19-20(12-17)27-15-26-19/h2-7,12H,8-11,13-15H2,1H3,(H,22,28). The van der Waals surface area contributed by atoms with E-state index in [1.165, 1.54) is 11.3 Å². The first-order valence-electron chi connectivity index (χ1n) is 9.48. The molecule has 0 atom stereocenters. The van der Waals surface area contributed by atoms with Gasteiger partial charge in [-0.25, -0.2) is 0 Å². The number of hydrogen-bond acceptors (Lipinski definition) is 5. The molecule has 0 aromatic heterocycles. The third kappa shape index (κ3) is 4.48. The van der Waals surface area contributed by atoms with Crippen LogP contribution in [0.1, 0.15) is 11.1 Å². The van der Waals surface area contributed by atoms with Gasteiger partial charge >= 0.3 is 0 Å². The zero-order chi connectivity index (χ0) is 19.3. The van der Waals surface area contributed by atoms with Crippen molar-refractivity contribution in [3.05, 3.63) is 53.6 Å². The Morgan fingerprint density at radius 3 is 2.54 bits per heavy atom. The summed E-state index contributed by atoms with van der Waals surface area (Å²) in [5.41, 5.74) is 3.58. The van der Waals surface area contributed by atoms with E-state index in [4.69, 9.17) is 26.4 Å². The summed E-state index contributed by atoms with van der Waals surface area (Å²) in [6.07, 6.45) is 0. The molecule has 0 amide bonds. The third-order valence-electron chi connectivity index (χ3n) is 4.96. The number of thiocarbonyl (C=S) groups is 1. The Bertz CT molecular complexity index is 822. The van der Waals surface area contributed by atoms with E-state index in [1.807, 2.05) is 30.1 Å². The Kier molecular flexibility index (Phi) is 5.83. The van der Waals surface area contributed by atoms with Crippen LogP contribution < -0.4 is 19.7 Å². The largest absolute Gasteiger partial charge is 0.454 e. The van der Waals surface area contributed by atoms with Gasteiger partial charge in [-0.15, -0.1) is 0 Å². The molecule has 148 valence electrons. The van der Waals surface area contributed by atoms with Crippen LogP contribution in [0, 0.1) is 0 Å². The van der Waals surface area contributed by atoms with Gasteiger partial charge in [0.15, 0.2) is 16.6 Å². The third-order valence-corrected chi connectivity index (χ3v) is 5.42. The highest BCUT2D eigenvalue weighted by molar-refractivity contribution is 7.80. The number of fused-ring (bicyclic) bond motifs is 1. The van der Waals surface area contributed by atoms with Crippen molar-refractivity contribution in [2.45, 2.75) is 13.1 Å². The lowest BCUT2D eigenvalue weighted by molar-refractivity contribution is 0.122. The number of benzene rings is 2. The van der Waals surface area contributed by atoms with Crippen LogP contribution in [0.5, 0.6) is 11.5 Å². The second-order valence-electron chi connectivity index (χ2n) is 6.97. The fraction of sp³-hybridized carbons (Fsp3) is 0.381. The summed E-state index contributed by atoms with van der Waals surface area (Å²) >= 11 is 5.54. The molecule has 0 aliphatic carbocycles. The van der Waals surface area contributed by atoms with Gasteiger partial charge < -0.3 is 29.3 Å². The Balaban J connectivity index is 1.28. The normalized spacial score (nSPS) is 15.4. The molecule has 1 saturated heterocycles. The Labute approximate surface area is 171 Å². The molecular weight excluding hydrogens is 374 g/mol. The maximum Gasteiger partial charge on any atom is 0.231 e. The highest BCUT2D eigenvalue weighted by Crippen LogP contribution is 2.32. The molecule has 1 fully saturated rings. The van der Waals surface area contributed by atoms with E-state index in [-0.39, 0.29) is 6.79 Å². The topological polar surface area (TPSA) is 46.2 Å². The number of nitrogens with zero attached hydrogens (tertiary/aromatic N) is 2. The molecule has 0 spiro atoms. The lowest BCUT2D eigenvalue weighted by Gasteiger charge is -2.29. The molecule has 2 aliphatic heterocycles. The minimum atomic E-state index is 0.289. The Morgan fingerprint density at radius 2 is 1.75 bits per heavy atom. The van der Waals surface area contributed by atoms with Gasteiger partial charge in [0.2, 0.25) is 6.79 Å². The number of hydrogen-bond donors (Lipinski definition) is 1. The van der Waals surface area contributed by atoms with Crippen LogP contribution in [0.25, 0.3) is 0 Å². The van der Waals surface area contributed by atoms with Crippen LogP contribution in [-0.4, -0.2) is 50.2 Å². The predicted octanol–water partition coefficient (Wildman–Crippen LogP) is 2.76. The summed E-state index contributed by atoms with van der Waals surface area (Å²) < 4.78 is 16.2. The summed E-state index contributed by atoms with van der Waals surface area (Å²) in [5.74, 6) is 1.59. The van der Waals surface area contributed by atoms with E-state index in [9.17, 15) is 0 Å². The van der Waals surface area contributed by atoms with E-state index in [2.05, 4.69) is 34.5 Å².